The molecule has 0 N–H and O–H groups in total. The molecule has 1 fully saturated rings. The molecule has 0 amide bonds. The van der Waals surface area contributed by atoms with Gasteiger partial charge in [-0.3, -0.25) is 8.98 Å². The van der Waals surface area contributed by atoms with Gasteiger partial charge in [-0.05, 0) is 25.8 Å². The number of hydrogen-bond donors (Lipinski definition) is 1. The molecule has 1 aliphatic rings. The van der Waals surface area contributed by atoms with Crippen molar-refractivity contribution in [3.8, 4) is 0 Å². The van der Waals surface area contributed by atoms with Gasteiger partial charge in [0.2, 0.25) is 6.29 Å². The van der Waals surface area contributed by atoms with Crippen molar-refractivity contribution in [1.82, 2.24) is 0 Å². The highest BCUT2D eigenvalue weighted by atomic mass is 32.1. The zero-order valence-corrected chi connectivity index (χ0v) is 9.63. The SMILES string of the molecule is CC(C)C(OS)OC(=O)C1CCCC1. The molecular weight excluding hydrogens is 200 g/mol. The van der Waals surface area contributed by atoms with Gasteiger partial charge in [-0.1, -0.05) is 26.7 Å². The fraction of sp³-hybridized carbons (Fsp3) is 0.900. The van der Waals surface area contributed by atoms with Crippen molar-refractivity contribution in [2.24, 2.45) is 11.8 Å². The molecular formula is C10H18O3S. The van der Waals surface area contributed by atoms with Crippen LogP contribution in [0.2, 0.25) is 0 Å². The standard InChI is InChI=1S/C10H18O3S/c1-7(2)10(13-14)12-9(11)8-5-3-4-6-8/h7-8,10,14H,3-6H2,1-2H3. The fourth-order valence-electron chi connectivity index (χ4n) is 1.65. The van der Waals surface area contributed by atoms with E-state index in [0.717, 1.165) is 25.7 Å². The first-order valence-electron chi connectivity index (χ1n) is 5.16. The molecule has 14 heavy (non-hydrogen) atoms. The second kappa shape index (κ2) is 5.61. The van der Waals surface area contributed by atoms with E-state index in [2.05, 4.69) is 12.9 Å². The number of esters is 1. The summed E-state index contributed by atoms with van der Waals surface area (Å²) in [5, 5.41) is 0. The minimum atomic E-state index is -0.522. The van der Waals surface area contributed by atoms with Crippen molar-refractivity contribution in [3.63, 3.8) is 0 Å². The Balaban J connectivity index is 2.37. The first kappa shape index (κ1) is 11.9. The van der Waals surface area contributed by atoms with Crippen LogP contribution in [0.25, 0.3) is 0 Å². The normalized spacial score (nSPS) is 20.0. The van der Waals surface area contributed by atoms with Crippen LogP contribution in [-0.4, -0.2) is 12.3 Å². The van der Waals surface area contributed by atoms with Gasteiger partial charge in [-0.15, -0.1) is 0 Å². The predicted octanol–water partition coefficient (Wildman–Crippen LogP) is 2.56. The molecule has 0 spiro atoms. The lowest BCUT2D eigenvalue weighted by atomic mass is 10.1. The Morgan fingerprint density at radius 2 is 1.93 bits per heavy atom. The number of rotatable bonds is 4. The first-order valence-corrected chi connectivity index (χ1v) is 5.52. The van der Waals surface area contributed by atoms with Gasteiger partial charge in [0.25, 0.3) is 0 Å². The third-order valence-electron chi connectivity index (χ3n) is 2.57. The molecule has 82 valence electrons. The predicted molar refractivity (Wildman–Crippen MR) is 56.7 cm³/mol. The minimum absolute atomic E-state index is 0.0831. The van der Waals surface area contributed by atoms with E-state index in [1.807, 2.05) is 13.8 Å². The minimum Gasteiger partial charge on any atom is -0.434 e. The highest BCUT2D eigenvalue weighted by Crippen LogP contribution is 2.27. The third kappa shape index (κ3) is 3.17. The summed E-state index contributed by atoms with van der Waals surface area (Å²) < 4.78 is 10.0. The van der Waals surface area contributed by atoms with Gasteiger partial charge < -0.3 is 4.74 Å². The van der Waals surface area contributed by atoms with Crippen LogP contribution < -0.4 is 0 Å². The van der Waals surface area contributed by atoms with Gasteiger partial charge in [-0.2, -0.15) is 0 Å². The van der Waals surface area contributed by atoms with E-state index in [9.17, 15) is 4.79 Å². The van der Waals surface area contributed by atoms with Crippen LogP contribution in [-0.2, 0) is 13.7 Å². The van der Waals surface area contributed by atoms with E-state index in [0.29, 0.717) is 0 Å². The molecule has 1 rings (SSSR count). The molecule has 1 saturated carbocycles. The molecule has 1 aliphatic carbocycles. The topological polar surface area (TPSA) is 35.5 Å². The second-order valence-electron chi connectivity index (χ2n) is 4.14. The van der Waals surface area contributed by atoms with Crippen molar-refractivity contribution >= 4 is 18.9 Å². The molecule has 0 aromatic heterocycles. The lowest BCUT2D eigenvalue weighted by Gasteiger charge is -2.20. The quantitative estimate of drug-likeness (QED) is 0.341. The maximum absolute atomic E-state index is 11.6. The largest absolute Gasteiger partial charge is 0.434 e. The van der Waals surface area contributed by atoms with Gasteiger partial charge in [0.15, 0.2) is 0 Å². The number of ether oxygens (including phenoxy) is 1. The highest BCUT2D eigenvalue weighted by Gasteiger charge is 2.27. The van der Waals surface area contributed by atoms with Crippen molar-refractivity contribution in [1.29, 1.82) is 0 Å². The van der Waals surface area contributed by atoms with Crippen molar-refractivity contribution < 1.29 is 13.7 Å². The van der Waals surface area contributed by atoms with E-state index in [1.54, 1.807) is 0 Å². The number of hydrogen-bond acceptors (Lipinski definition) is 4. The van der Waals surface area contributed by atoms with Crippen molar-refractivity contribution in [3.05, 3.63) is 0 Å². The summed E-state index contributed by atoms with van der Waals surface area (Å²) in [6.07, 6.45) is 3.65. The summed E-state index contributed by atoms with van der Waals surface area (Å²) in [4.78, 5) is 11.6. The zero-order chi connectivity index (χ0) is 10.6. The van der Waals surface area contributed by atoms with Crippen LogP contribution in [0.4, 0.5) is 0 Å². The molecule has 0 radical (unpaired) electrons. The molecule has 0 bridgehead atoms. The highest BCUT2D eigenvalue weighted by molar-refractivity contribution is 7.75. The summed E-state index contributed by atoms with van der Waals surface area (Å²) in [5.41, 5.74) is 0. The van der Waals surface area contributed by atoms with Crippen molar-refractivity contribution in [2.75, 3.05) is 0 Å². The summed E-state index contributed by atoms with van der Waals surface area (Å²) in [7, 11) is 0. The molecule has 0 saturated heterocycles. The van der Waals surface area contributed by atoms with Gasteiger partial charge in [0, 0.05) is 5.92 Å². The van der Waals surface area contributed by atoms with Crippen molar-refractivity contribution in [2.45, 2.75) is 45.8 Å². The van der Waals surface area contributed by atoms with Gasteiger partial charge >= 0.3 is 5.97 Å². The third-order valence-corrected chi connectivity index (χ3v) is 2.78. The maximum Gasteiger partial charge on any atom is 0.311 e. The number of carbonyl (C=O) groups is 1. The van der Waals surface area contributed by atoms with Crippen LogP contribution in [0.3, 0.4) is 0 Å². The molecule has 1 unspecified atom stereocenters. The maximum atomic E-state index is 11.6. The molecule has 0 aliphatic heterocycles. The van der Waals surface area contributed by atoms with Crippen LogP contribution >= 0.6 is 12.9 Å². The number of thiol groups is 1. The van der Waals surface area contributed by atoms with Crippen LogP contribution in [0, 0.1) is 11.8 Å². The molecule has 4 heteroatoms. The molecule has 0 heterocycles. The van der Waals surface area contributed by atoms with Gasteiger partial charge in [-0.25, -0.2) is 0 Å². The second-order valence-corrected chi connectivity index (χ2v) is 4.35. The zero-order valence-electron chi connectivity index (χ0n) is 8.73. The van der Waals surface area contributed by atoms with Crippen LogP contribution in [0.15, 0.2) is 0 Å². The van der Waals surface area contributed by atoms with Gasteiger partial charge in [0.05, 0.1) is 5.92 Å². The summed E-state index contributed by atoms with van der Waals surface area (Å²) >= 11 is 3.69. The summed E-state index contributed by atoms with van der Waals surface area (Å²) in [6.45, 7) is 3.87. The Labute approximate surface area is 90.8 Å². The Morgan fingerprint density at radius 3 is 2.36 bits per heavy atom. The van der Waals surface area contributed by atoms with Crippen LogP contribution in [0.1, 0.15) is 39.5 Å². The first-order chi connectivity index (χ1) is 6.65. The van der Waals surface area contributed by atoms with E-state index in [-0.39, 0.29) is 17.8 Å². The Kier molecular flexibility index (Phi) is 4.75. The molecule has 0 aromatic rings. The number of carbonyl (C=O) groups excluding carboxylic acids is 1. The molecule has 3 nitrogen and oxygen atoms in total. The van der Waals surface area contributed by atoms with Crippen LogP contribution in [0.5, 0.6) is 0 Å². The Bertz CT molecular complexity index is 188. The van der Waals surface area contributed by atoms with E-state index in [4.69, 9.17) is 8.92 Å². The lowest BCUT2D eigenvalue weighted by molar-refractivity contribution is -0.172. The monoisotopic (exact) mass is 218 g/mol. The lowest BCUT2D eigenvalue weighted by Crippen LogP contribution is -2.27. The molecule has 0 aromatic carbocycles. The average molecular weight is 218 g/mol. The summed E-state index contributed by atoms with van der Waals surface area (Å²) in [5.74, 6) is 0.0906. The smallest absolute Gasteiger partial charge is 0.311 e. The van der Waals surface area contributed by atoms with E-state index >= 15 is 0 Å². The van der Waals surface area contributed by atoms with E-state index in [1.165, 1.54) is 0 Å². The Hall–Kier alpha value is -0.220. The average Bonchev–Trinajstić information content (AvgIpc) is 2.65. The van der Waals surface area contributed by atoms with Gasteiger partial charge in [0.1, 0.15) is 0 Å². The molecule has 1 atom stereocenters. The van der Waals surface area contributed by atoms with E-state index < -0.39 is 6.29 Å². The fourth-order valence-corrected chi connectivity index (χ4v) is 1.94. The summed E-state index contributed by atoms with van der Waals surface area (Å²) in [6, 6.07) is 0. The Morgan fingerprint density at radius 1 is 1.36 bits per heavy atom.